The first-order chi connectivity index (χ1) is 8.49. The van der Waals surface area contributed by atoms with Crippen molar-refractivity contribution in [3.05, 3.63) is 61.6 Å². The molecule has 0 aliphatic rings. The lowest BCUT2D eigenvalue weighted by atomic mass is 10.0. The van der Waals surface area contributed by atoms with Crippen molar-refractivity contribution in [2.24, 2.45) is 0 Å². The summed E-state index contributed by atoms with van der Waals surface area (Å²) >= 11 is 17.6. The molecule has 0 atom stereocenters. The Hall–Kier alpha value is -1.29. The third-order valence-corrected chi connectivity index (χ3v) is 3.36. The van der Waals surface area contributed by atoms with Crippen LogP contribution in [0.4, 0.5) is 5.69 Å². The van der Waals surface area contributed by atoms with Crippen molar-refractivity contribution in [1.29, 1.82) is 0 Å². The van der Waals surface area contributed by atoms with Crippen molar-refractivity contribution in [2.45, 2.75) is 0 Å². The molecule has 0 aliphatic heterocycles. The molecule has 0 bridgehead atoms. The Labute approximate surface area is 118 Å². The topological polar surface area (TPSA) is 43.1 Å². The molecule has 0 radical (unpaired) electrons. The minimum absolute atomic E-state index is 0.0298. The summed E-state index contributed by atoms with van der Waals surface area (Å²) < 4.78 is 0. The smallest absolute Gasteiger partial charge is 0.258 e. The molecule has 2 aromatic carbocycles. The van der Waals surface area contributed by atoms with Gasteiger partial charge in [-0.1, -0.05) is 40.9 Å². The monoisotopic (exact) mass is 301 g/mol. The average Bonchev–Trinajstić information content (AvgIpc) is 2.32. The van der Waals surface area contributed by atoms with Gasteiger partial charge in [0, 0.05) is 11.1 Å². The van der Waals surface area contributed by atoms with Crippen LogP contribution in [-0.2, 0) is 0 Å². The summed E-state index contributed by atoms with van der Waals surface area (Å²) in [4.78, 5) is 10.5. The van der Waals surface area contributed by atoms with Crippen LogP contribution in [0.3, 0.4) is 0 Å². The third kappa shape index (κ3) is 2.58. The summed E-state index contributed by atoms with van der Waals surface area (Å²) in [5.41, 5.74) is 0.974. The fourth-order valence-electron chi connectivity index (χ4n) is 1.56. The van der Waals surface area contributed by atoms with Gasteiger partial charge in [-0.3, -0.25) is 10.1 Å². The van der Waals surface area contributed by atoms with E-state index >= 15 is 0 Å². The standard InChI is InChI=1S/C12H6Cl3NO2/c13-8-2-4-12(16(17)18)9(6-8)7-1-3-10(14)11(15)5-7/h1-6H. The first kappa shape index (κ1) is 13.1. The Morgan fingerprint density at radius 1 is 0.944 bits per heavy atom. The van der Waals surface area contributed by atoms with Crippen LogP contribution in [-0.4, -0.2) is 4.92 Å². The van der Waals surface area contributed by atoms with Gasteiger partial charge in [-0.25, -0.2) is 0 Å². The lowest BCUT2D eigenvalue weighted by Gasteiger charge is -2.05. The van der Waals surface area contributed by atoms with Crippen LogP contribution in [0.5, 0.6) is 0 Å². The van der Waals surface area contributed by atoms with E-state index in [-0.39, 0.29) is 5.69 Å². The molecule has 0 saturated carbocycles. The normalized spacial score (nSPS) is 10.4. The number of nitro benzene ring substituents is 1. The molecule has 2 rings (SSSR count). The van der Waals surface area contributed by atoms with Crippen LogP contribution >= 0.6 is 34.8 Å². The van der Waals surface area contributed by atoms with Gasteiger partial charge in [-0.05, 0) is 29.8 Å². The van der Waals surface area contributed by atoms with Gasteiger partial charge in [-0.15, -0.1) is 0 Å². The second-order valence-electron chi connectivity index (χ2n) is 3.55. The second kappa shape index (κ2) is 5.14. The van der Waals surface area contributed by atoms with Gasteiger partial charge in [-0.2, -0.15) is 0 Å². The Balaban J connectivity index is 2.65. The van der Waals surface area contributed by atoms with E-state index in [9.17, 15) is 10.1 Å². The first-order valence-electron chi connectivity index (χ1n) is 4.88. The van der Waals surface area contributed by atoms with Gasteiger partial charge in [0.25, 0.3) is 5.69 Å². The van der Waals surface area contributed by atoms with Crippen molar-refractivity contribution in [3.8, 4) is 11.1 Å². The van der Waals surface area contributed by atoms with Crippen molar-refractivity contribution >= 4 is 40.5 Å². The molecule has 0 spiro atoms. The van der Waals surface area contributed by atoms with Gasteiger partial charge < -0.3 is 0 Å². The molecule has 3 nitrogen and oxygen atoms in total. The van der Waals surface area contributed by atoms with Crippen LogP contribution in [0.25, 0.3) is 11.1 Å². The summed E-state index contributed by atoms with van der Waals surface area (Å²) in [5.74, 6) is 0. The van der Waals surface area contributed by atoms with Crippen LogP contribution in [0.15, 0.2) is 36.4 Å². The molecule has 6 heteroatoms. The van der Waals surface area contributed by atoms with Gasteiger partial charge in [0.2, 0.25) is 0 Å². The number of halogens is 3. The quantitative estimate of drug-likeness (QED) is 0.563. The number of rotatable bonds is 2. The number of nitro groups is 1. The van der Waals surface area contributed by atoms with Gasteiger partial charge in [0.1, 0.15) is 0 Å². The largest absolute Gasteiger partial charge is 0.277 e. The maximum atomic E-state index is 11.0. The molecule has 0 unspecified atom stereocenters. The molecule has 0 amide bonds. The molecular weight excluding hydrogens is 296 g/mol. The zero-order valence-electron chi connectivity index (χ0n) is 8.86. The molecule has 0 fully saturated rings. The summed E-state index contributed by atoms with van der Waals surface area (Å²) in [6, 6.07) is 9.18. The Morgan fingerprint density at radius 2 is 1.67 bits per heavy atom. The molecular formula is C12H6Cl3NO2. The number of hydrogen-bond acceptors (Lipinski definition) is 2. The molecule has 0 heterocycles. The summed E-state index contributed by atoms with van der Waals surface area (Å²) in [7, 11) is 0. The van der Waals surface area contributed by atoms with Gasteiger partial charge in [0.15, 0.2) is 0 Å². The highest BCUT2D eigenvalue weighted by Gasteiger charge is 2.16. The SMILES string of the molecule is O=[N+]([O-])c1ccc(Cl)cc1-c1ccc(Cl)c(Cl)c1. The Morgan fingerprint density at radius 3 is 2.28 bits per heavy atom. The number of benzene rings is 2. The average molecular weight is 303 g/mol. The fourth-order valence-corrected chi connectivity index (χ4v) is 2.03. The summed E-state index contributed by atoms with van der Waals surface area (Å²) in [6.07, 6.45) is 0. The first-order valence-corrected chi connectivity index (χ1v) is 6.02. The molecule has 0 aromatic heterocycles. The lowest BCUT2D eigenvalue weighted by Crippen LogP contribution is -1.92. The van der Waals surface area contributed by atoms with Crippen molar-refractivity contribution in [3.63, 3.8) is 0 Å². The summed E-state index contributed by atoms with van der Waals surface area (Å²) in [5, 5.41) is 12.1. The van der Waals surface area contributed by atoms with Crippen LogP contribution < -0.4 is 0 Å². The van der Waals surface area contributed by atoms with E-state index in [0.717, 1.165) is 0 Å². The van der Waals surface area contributed by atoms with E-state index in [2.05, 4.69) is 0 Å². The summed E-state index contributed by atoms with van der Waals surface area (Å²) in [6.45, 7) is 0. The van der Waals surface area contributed by atoms with Crippen molar-refractivity contribution < 1.29 is 4.92 Å². The second-order valence-corrected chi connectivity index (χ2v) is 4.80. The number of nitrogens with zero attached hydrogens (tertiary/aromatic N) is 1. The lowest BCUT2D eigenvalue weighted by molar-refractivity contribution is -0.384. The molecule has 18 heavy (non-hydrogen) atoms. The fraction of sp³-hybridized carbons (Fsp3) is 0. The van der Waals surface area contributed by atoms with E-state index < -0.39 is 4.92 Å². The predicted molar refractivity (Wildman–Crippen MR) is 73.6 cm³/mol. The van der Waals surface area contributed by atoms with E-state index in [1.54, 1.807) is 18.2 Å². The Bertz CT molecular complexity index is 629. The van der Waals surface area contributed by atoms with E-state index in [1.807, 2.05) is 0 Å². The van der Waals surface area contributed by atoms with Crippen LogP contribution in [0.1, 0.15) is 0 Å². The van der Waals surface area contributed by atoms with Gasteiger partial charge >= 0.3 is 0 Å². The molecule has 0 saturated heterocycles. The van der Waals surface area contributed by atoms with Crippen LogP contribution in [0, 0.1) is 10.1 Å². The Kier molecular flexibility index (Phi) is 3.76. The minimum atomic E-state index is -0.464. The van der Waals surface area contributed by atoms with E-state index in [1.165, 1.54) is 18.2 Å². The highest BCUT2D eigenvalue weighted by molar-refractivity contribution is 6.42. The molecule has 0 aliphatic carbocycles. The predicted octanol–water partition coefficient (Wildman–Crippen LogP) is 5.22. The molecule has 0 N–H and O–H groups in total. The number of hydrogen-bond donors (Lipinski definition) is 0. The van der Waals surface area contributed by atoms with Crippen molar-refractivity contribution in [2.75, 3.05) is 0 Å². The molecule has 92 valence electrons. The third-order valence-electron chi connectivity index (χ3n) is 2.39. The van der Waals surface area contributed by atoms with E-state index in [4.69, 9.17) is 34.8 Å². The zero-order valence-corrected chi connectivity index (χ0v) is 11.1. The van der Waals surface area contributed by atoms with Gasteiger partial charge in [0.05, 0.1) is 20.5 Å². The molecule has 2 aromatic rings. The highest BCUT2D eigenvalue weighted by Crippen LogP contribution is 2.35. The van der Waals surface area contributed by atoms with E-state index in [0.29, 0.717) is 26.2 Å². The minimum Gasteiger partial charge on any atom is -0.258 e. The maximum absolute atomic E-state index is 11.0. The van der Waals surface area contributed by atoms with Crippen molar-refractivity contribution in [1.82, 2.24) is 0 Å². The van der Waals surface area contributed by atoms with Crippen LogP contribution in [0.2, 0.25) is 15.1 Å². The zero-order chi connectivity index (χ0) is 13.3. The highest BCUT2D eigenvalue weighted by atomic mass is 35.5. The maximum Gasteiger partial charge on any atom is 0.277 e.